The molecule has 29 heavy (non-hydrogen) atoms. The van der Waals surface area contributed by atoms with E-state index in [2.05, 4.69) is 15.3 Å². The zero-order valence-electron chi connectivity index (χ0n) is 15.5. The third-order valence-corrected chi connectivity index (χ3v) is 5.67. The van der Waals surface area contributed by atoms with E-state index >= 15 is 0 Å². The molecule has 0 saturated carbocycles. The van der Waals surface area contributed by atoms with E-state index in [4.69, 9.17) is 16.3 Å². The maximum atomic E-state index is 12.9. The van der Waals surface area contributed by atoms with Crippen LogP contribution in [0.5, 0.6) is 5.88 Å². The summed E-state index contributed by atoms with van der Waals surface area (Å²) in [5.74, 6) is 0.130. The lowest BCUT2D eigenvalue weighted by molar-refractivity contribution is 0.256. The lowest BCUT2D eigenvalue weighted by Gasteiger charge is -2.14. The second-order valence-electron chi connectivity index (χ2n) is 5.92. The van der Waals surface area contributed by atoms with Crippen molar-refractivity contribution < 1.29 is 17.9 Å². The van der Waals surface area contributed by atoms with Crippen molar-refractivity contribution in [2.24, 2.45) is 0 Å². The number of benzene rings is 2. The predicted molar refractivity (Wildman–Crippen MR) is 110 cm³/mol. The molecule has 1 heterocycles. The number of urea groups is 1. The second kappa shape index (κ2) is 8.46. The van der Waals surface area contributed by atoms with Crippen molar-refractivity contribution in [3.63, 3.8) is 0 Å². The molecule has 0 aliphatic carbocycles. The molecule has 3 rings (SSSR count). The van der Waals surface area contributed by atoms with Gasteiger partial charge >= 0.3 is 6.03 Å². The van der Waals surface area contributed by atoms with Crippen LogP contribution in [-0.2, 0) is 10.0 Å². The highest BCUT2D eigenvalue weighted by atomic mass is 35.5. The molecule has 0 radical (unpaired) electrons. The molecular weight excluding hydrogens is 416 g/mol. The van der Waals surface area contributed by atoms with Gasteiger partial charge in [-0.25, -0.2) is 22.9 Å². The zero-order valence-corrected chi connectivity index (χ0v) is 17.1. The quantitative estimate of drug-likeness (QED) is 0.637. The van der Waals surface area contributed by atoms with Crippen molar-refractivity contribution in [1.29, 1.82) is 0 Å². The number of hydrogen-bond donors (Lipinski definition) is 2. The highest BCUT2D eigenvalue weighted by Crippen LogP contribution is 2.32. The average molecular weight is 433 g/mol. The topological polar surface area (TPSA) is 110 Å². The van der Waals surface area contributed by atoms with Gasteiger partial charge in [-0.3, -0.25) is 5.32 Å². The second-order valence-corrected chi connectivity index (χ2v) is 7.94. The van der Waals surface area contributed by atoms with E-state index in [1.807, 2.05) is 10.8 Å². The Hall–Kier alpha value is -3.17. The van der Waals surface area contributed by atoms with E-state index in [-0.39, 0.29) is 21.7 Å². The van der Waals surface area contributed by atoms with Gasteiger partial charge < -0.3 is 4.74 Å². The molecule has 0 bridgehead atoms. The van der Waals surface area contributed by atoms with Gasteiger partial charge in [0.25, 0.3) is 10.0 Å². The van der Waals surface area contributed by atoms with E-state index in [9.17, 15) is 13.2 Å². The number of aromatic nitrogens is 2. The summed E-state index contributed by atoms with van der Waals surface area (Å²) in [6.07, 6.45) is 0. The van der Waals surface area contributed by atoms with Crippen LogP contribution in [0.4, 0.5) is 10.7 Å². The van der Waals surface area contributed by atoms with Crippen LogP contribution < -0.4 is 14.8 Å². The Kier molecular flexibility index (Phi) is 6.00. The van der Waals surface area contributed by atoms with Crippen molar-refractivity contribution in [1.82, 2.24) is 14.7 Å². The molecule has 0 fully saturated rings. The number of ether oxygens (including phenoxy) is 1. The summed E-state index contributed by atoms with van der Waals surface area (Å²) >= 11 is 6.18. The normalized spacial score (nSPS) is 11.0. The minimum absolute atomic E-state index is 0.0138. The van der Waals surface area contributed by atoms with Crippen LogP contribution in [0.3, 0.4) is 0 Å². The van der Waals surface area contributed by atoms with Crippen LogP contribution in [0.1, 0.15) is 5.69 Å². The number of rotatable bonds is 5. The van der Waals surface area contributed by atoms with E-state index in [0.29, 0.717) is 16.8 Å². The third kappa shape index (κ3) is 4.82. The number of nitrogens with zero attached hydrogens (tertiary/aromatic N) is 2. The summed E-state index contributed by atoms with van der Waals surface area (Å²) in [6, 6.07) is 14.1. The number of halogens is 1. The number of methoxy groups -OCH3 is 1. The molecule has 0 aliphatic rings. The van der Waals surface area contributed by atoms with Crippen LogP contribution >= 0.6 is 11.6 Å². The zero-order chi connectivity index (χ0) is 21.0. The van der Waals surface area contributed by atoms with Crippen molar-refractivity contribution >= 4 is 33.6 Å². The Morgan fingerprint density at radius 2 is 1.79 bits per heavy atom. The van der Waals surface area contributed by atoms with E-state index in [1.165, 1.54) is 13.2 Å². The van der Waals surface area contributed by atoms with E-state index < -0.39 is 16.1 Å². The van der Waals surface area contributed by atoms with Crippen LogP contribution in [0.25, 0.3) is 11.1 Å². The Labute approximate surface area is 173 Å². The van der Waals surface area contributed by atoms with Gasteiger partial charge in [0, 0.05) is 17.3 Å². The molecule has 0 spiro atoms. The van der Waals surface area contributed by atoms with Crippen molar-refractivity contribution in [3.05, 3.63) is 65.3 Å². The molecule has 0 atom stereocenters. The summed E-state index contributed by atoms with van der Waals surface area (Å²) < 4.78 is 32.8. The van der Waals surface area contributed by atoms with Gasteiger partial charge in [-0.2, -0.15) is 4.98 Å². The van der Waals surface area contributed by atoms with Crippen LogP contribution in [0, 0.1) is 6.92 Å². The molecule has 8 nitrogen and oxygen atoms in total. The molecule has 2 amide bonds. The van der Waals surface area contributed by atoms with Gasteiger partial charge in [0.15, 0.2) is 0 Å². The first-order valence-electron chi connectivity index (χ1n) is 8.37. The van der Waals surface area contributed by atoms with Crippen LogP contribution in [0.2, 0.25) is 5.02 Å². The Bertz CT molecular complexity index is 1150. The molecule has 2 N–H and O–H groups in total. The number of carbonyl (C=O) groups is 1. The Balaban J connectivity index is 1.91. The highest BCUT2D eigenvalue weighted by Gasteiger charge is 2.25. The SMILES string of the molecule is COc1cc(C)nc(NC(=O)NS(=O)(=O)c2c(Cl)cccc2-c2ccccc2)n1. The Morgan fingerprint density at radius 3 is 2.48 bits per heavy atom. The fraction of sp³-hybridized carbons (Fsp3) is 0.105. The molecule has 2 aromatic carbocycles. The van der Waals surface area contributed by atoms with Gasteiger partial charge in [-0.15, -0.1) is 0 Å². The van der Waals surface area contributed by atoms with Crippen molar-refractivity contribution in [3.8, 4) is 17.0 Å². The number of sulfonamides is 1. The molecule has 0 unspecified atom stereocenters. The minimum atomic E-state index is -4.30. The van der Waals surface area contributed by atoms with Gasteiger partial charge in [-0.1, -0.05) is 54.1 Å². The average Bonchev–Trinajstić information content (AvgIpc) is 2.67. The van der Waals surface area contributed by atoms with Crippen molar-refractivity contribution in [2.45, 2.75) is 11.8 Å². The van der Waals surface area contributed by atoms with Crippen LogP contribution in [-0.4, -0.2) is 31.5 Å². The first kappa shape index (κ1) is 20.6. The summed E-state index contributed by atoms with van der Waals surface area (Å²) in [7, 11) is -2.88. The number of nitrogens with one attached hydrogen (secondary N) is 2. The standard InChI is InChI=1S/C19H17ClN4O4S/c1-12-11-16(28-2)22-18(21-12)23-19(25)24-29(26,27)17-14(9-6-10-15(17)20)13-7-4-3-5-8-13/h3-11H,1-2H3,(H2,21,22,23,24,25). The lowest BCUT2D eigenvalue weighted by atomic mass is 10.1. The molecular formula is C19H17ClN4O4S. The summed E-state index contributed by atoms with van der Waals surface area (Å²) in [6.45, 7) is 1.68. The number of amides is 2. The van der Waals surface area contributed by atoms with Gasteiger partial charge in [0.1, 0.15) is 4.90 Å². The van der Waals surface area contributed by atoms with E-state index in [0.717, 1.165) is 0 Å². The molecule has 0 saturated heterocycles. The first-order chi connectivity index (χ1) is 13.8. The van der Waals surface area contributed by atoms with Gasteiger partial charge in [0.05, 0.1) is 12.1 Å². The largest absolute Gasteiger partial charge is 0.481 e. The number of anilines is 1. The molecule has 1 aromatic heterocycles. The number of carbonyl (C=O) groups excluding carboxylic acids is 1. The fourth-order valence-electron chi connectivity index (χ4n) is 2.63. The Morgan fingerprint density at radius 1 is 1.07 bits per heavy atom. The smallest absolute Gasteiger partial charge is 0.335 e. The molecule has 10 heteroatoms. The maximum absolute atomic E-state index is 12.9. The van der Waals surface area contributed by atoms with Gasteiger partial charge in [0.2, 0.25) is 11.8 Å². The highest BCUT2D eigenvalue weighted by molar-refractivity contribution is 7.90. The molecule has 3 aromatic rings. The summed E-state index contributed by atoms with van der Waals surface area (Å²) in [5, 5.41) is 2.27. The monoisotopic (exact) mass is 432 g/mol. The van der Waals surface area contributed by atoms with Crippen LogP contribution in [0.15, 0.2) is 59.5 Å². The molecule has 0 aliphatic heterocycles. The summed E-state index contributed by atoms with van der Waals surface area (Å²) in [5.41, 5.74) is 1.54. The first-order valence-corrected chi connectivity index (χ1v) is 10.2. The predicted octanol–water partition coefficient (Wildman–Crippen LogP) is 3.62. The van der Waals surface area contributed by atoms with Gasteiger partial charge in [-0.05, 0) is 18.6 Å². The summed E-state index contributed by atoms with van der Waals surface area (Å²) in [4.78, 5) is 20.1. The number of aryl methyl sites for hydroxylation is 1. The fourth-order valence-corrected chi connectivity index (χ4v) is 4.30. The van der Waals surface area contributed by atoms with E-state index in [1.54, 1.807) is 49.4 Å². The number of hydrogen-bond acceptors (Lipinski definition) is 6. The molecule has 150 valence electrons. The van der Waals surface area contributed by atoms with Crippen molar-refractivity contribution in [2.75, 3.05) is 12.4 Å². The minimum Gasteiger partial charge on any atom is -0.481 e. The lowest BCUT2D eigenvalue weighted by Crippen LogP contribution is -2.35. The third-order valence-electron chi connectivity index (χ3n) is 3.81. The maximum Gasteiger partial charge on any atom is 0.335 e.